The third kappa shape index (κ3) is 1.62. The van der Waals surface area contributed by atoms with Gasteiger partial charge in [-0.3, -0.25) is 0 Å². The Morgan fingerprint density at radius 1 is 1.71 bits per heavy atom. The third-order valence-corrected chi connectivity index (χ3v) is 2.92. The third-order valence-electron chi connectivity index (χ3n) is 2.92. The Balaban J connectivity index is 2.13. The monoisotopic (exact) mass is 194 g/mol. The molecule has 1 aromatic heterocycles. The molecular weight excluding hydrogens is 176 g/mol. The van der Waals surface area contributed by atoms with Gasteiger partial charge in [-0.1, -0.05) is 6.92 Å². The second kappa shape index (κ2) is 4.00. The van der Waals surface area contributed by atoms with Crippen molar-refractivity contribution in [2.75, 3.05) is 18.0 Å². The number of aromatic nitrogens is 2. The number of imidazole rings is 1. The summed E-state index contributed by atoms with van der Waals surface area (Å²) in [4.78, 5) is 10.0. The Morgan fingerprint density at radius 2 is 2.57 bits per heavy atom. The van der Waals surface area contributed by atoms with E-state index < -0.39 is 0 Å². The molecule has 0 aliphatic carbocycles. The quantitative estimate of drug-likeness (QED) is 0.751. The Morgan fingerprint density at radius 3 is 3.21 bits per heavy atom. The summed E-state index contributed by atoms with van der Waals surface area (Å²) in [5.41, 5.74) is 6.91. The van der Waals surface area contributed by atoms with Crippen molar-refractivity contribution in [3.05, 3.63) is 11.9 Å². The van der Waals surface area contributed by atoms with Gasteiger partial charge in [-0.25, -0.2) is 4.98 Å². The van der Waals surface area contributed by atoms with Crippen LogP contribution in [-0.4, -0.2) is 29.1 Å². The first kappa shape index (κ1) is 9.52. The molecule has 2 rings (SSSR count). The predicted molar refractivity (Wildman–Crippen MR) is 57.4 cm³/mol. The summed E-state index contributed by atoms with van der Waals surface area (Å²) < 4.78 is 0. The van der Waals surface area contributed by atoms with Gasteiger partial charge in [0.2, 0.25) is 5.95 Å². The molecule has 78 valence electrons. The van der Waals surface area contributed by atoms with Gasteiger partial charge in [-0.05, 0) is 19.3 Å². The lowest BCUT2D eigenvalue weighted by atomic mass is 10.2. The maximum Gasteiger partial charge on any atom is 0.203 e. The molecule has 0 aromatic carbocycles. The molecule has 1 atom stereocenters. The number of hydrogen-bond donors (Lipinski definition) is 2. The number of anilines is 1. The number of nitrogens with zero attached hydrogens (tertiary/aromatic N) is 2. The lowest BCUT2D eigenvalue weighted by Gasteiger charge is -2.22. The van der Waals surface area contributed by atoms with Crippen LogP contribution in [0.3, 0.4) is 0 Å². The van der Waals surface area contributed by atoms with E-state index in [1.807, 2.05) is 6.20 Å². The van der Waals surface area contributed by atoms with Gasteiger partial charge in [0, 0.05) is 24.8 Å². The SMILES string of the molecule is CCc1cnc(N2CCCC2CN)[nH]1. The van der Waals surface area contributed by atoms with E-state index in [0.717, 1.165) is 25.5 Å². The maximum absolute atomic E-state index is 5.72. The van der Waals surface area contributed by atoms with Crippen molar-refractivity contribution in [1.82, 2.24) is 9.97 Å². The van der Waals surface area contributed by atoms with Crippen LogP contribution in [0.25, 0.3) is 0 Å². The van der Waals surface area contributed by atoms with Crippen molar-refractivity contribution in [2.45, 2.75) is 32.2 Å². The van der Waals surface area contributed by atoms with E-state index in [9.17, 15) is 0 Å². The summed E-state index contributed by atoms with van der Waals surface area (Å²) in [5.74, 6) is 0.995. The lowest BCUT2D eigenvalue weighted by molar-refractivity contribution is 0.666. The number of aromatic amines is 1. The molecule has 1 aliphatic rings. The molecule has 0 saturated carbocycles. The van der Waals surface area contributed by atoms with Gasteiger partial charge in [-0.15, -0.1) is 0 Å². The average Bonchev–Trinajstić information content (AvgIpc) is 2.85. The van der Waals surface area contributed by atoms with E-state index >= 15 is 0 Å². The summed E-state index contributed by atoms with van der Waals surface area (Å²) in [6.45, 7) is 3.93. The minimum absolute atomic E-state index is 0.478. The van der Waals surface area contributed by atoms with E-state index in [0.29, 0.717) is 6.04 Å². The van der Waals surface area contributed by atoms with Crippen LogP contribution in [-0.2, 0) is 6.42 Å². The van der Waals surface area contributed by atoms with Crippen LogP contribution in [0.1, 0.15) is 25.5 Å². The van der Waals surface area contributed by atoms with Crippen LogP contribution >= 0.6 is 0 Å². The number of aryl methyl sites for hydroxylation is 1. The van der Waals surface area contributed by atoms with Gasteiger partial charge in [0.05, 0.1) is 6.20 Å². The van der Waals surface area contributed by atoms with Gasteiger partial charge >= 0.3 is 0 Å². The molecule has 0 radical (unpaired) electrons. The molecule has 1 fully saturated rings. The van der Waals surface area contributed by atoms with Gasteiger partial charge in [0.15, 0.2) is 0 Å². The molecule has 0 bridgehead atoms. The predicted octanol–water partition coefficient (Wildman–Crippen LogP) is 0.900. The van der Waals surface area contributed by atoms with Crippen LogP contribution in [0.4, 0.5) is 5.95 Å². The molecule has 0 spiro atoms. The summed E-state index contributed by atoms with van der Waals surface area (Å²) in [7, 11) is 0. The molecule has 4 nitrogen and oxygen atoms in total. The van der Waals surface area contributed by atoms with Crippen molar-refractivity contribution in [1.29, 1.82) is 0 Å². The Labute approximate surface area is 84.5 Å². The first-order valence-corrected chi connectivity index (χ1v) is 5.35. The van der Waals surface area contributed by atoms with Crippen molar-refractivity contribution >= 4 is 5.95 Å². The Kier molecular flexibility index (Phi) is 2.72. The van der Waals surface area contributed by atoms with E-state index in [1.54, 1.807) is 0 Å². The average molecular weight is 194 g/mol. The minimum atomic E-state index is 0.478. The van der Waals surface area contributed by atoms with Crippen LogP contribution in [0.15, 0.2) is 6.20 Å². The van der Waals surface area contributed by atoms with E-state index in [1.165, 1.54) is 18.5 Å². The van der Waals surface area contributed by atoms with Crippen LogP contribution in [0, 0.1) is 0 Å². The van der Waals surface area contributed by atoms with Gasteiger partial charge < -0.3 is 15.6 Å². The van der Waals surface area contributed by atoms with Crippen LogP contribution < -0.4 is 10.6 Å². The van der Waals surface area contributed by atoms with Gasteiger partial charge in [-0.2, -0.15) is 0 Å². The minimum Gasteiger partial charge on any atom is -0.338 e. The molecular formula is C10H18N4. The summed E-state index contributed by atoms with van der Waals surface area (Å²) in [6.07, 6.45) is 5.35. The number of nitrogens with two attached hydrogens (primary N) is 1. The van der Waals surface area contributed by atoms with E-state index in [2.05, 4.69) is 21.8 Å². The molecule has 4 heteroatoms. The summed E-state index contributed by atoms with van der Waals surface area (Å²) in [6, 6.07) is 0.478. The molecule has 1 aliphatic heterocycles. The highest BCUT2D eigenvalue weighted by atomic mass is 15.3. The number of rotatable bonds is 3. The summed E-state index contributed by atoms with van der Waals surface area (Å²) in [5, 5.41) is 0. The zero-order valence-electron chi connectivity index (χ0n) is 8.66. The zero-order valence-corrected chi connectivity index (χ0v) is 8.66. The van der Waals surface area contributed by atoms with Crippen molar-refractivity contribution < 1.29 is 0 Å². The fraction of sp³-hybridized carbons (Fsp3) is 0.700. The van der Waals surface area contributed by atoms with Crippen molar-refractivity contribution in [2.24, 2.45) is 5.73 Å². The van der Waals surface area contributed by atoms with Gasteiger partial charge in [0.1, 0.15) is 0 Å². The molecule has 0 amide bonds. The number of nitrogens with one attached hydrogen (secondary N) is 1. The highest BCUT2D eigenvalue weighted by Crippen LogP contribution is 2.21. The van der Waals surface area contributed by atoms with E-state index in [-0.39, 0.29) is 0 Å². The highest BCUT2D eigenvalue weighted by molar-refractivity contribution is 5.34. The molecule has 14 heavy (non-hydrogen) atoms. The fourth-order valence-corrected chi connectivity index (χ4v) is 2.03. The topological polar surface area (TPSA) is 57.9 Å². The van der Waals surface area contributed by atoms with E-state index in [4.69, 9.17) is 5.73 Å². The first-order chi connectivity index (χ1) is 6.85. The Bertz CT molecular complexity index is 294. The standard InChI is InChI=1S/C10H18N4/c1-2-8-7-12-10(13-8)14-5-3-4-9(14)6-11/h7,9H,2-6,11H2,1H3,(H,12,13). The number of H-pyrrole nitrogens is 1. The number of hydrogen-bond acceptors (Lipinski definition) is 3. The smallest absolute Gasteiger partial charge is 0.203 e. The second-order valence-electron chi connectivity index (χ2n) is 3.81. The normalized spacial score (nSPS) is 21.9. The molecule has 1 saturated heterocycles. The molecule has 1 unspecified atom stereocenters. The van der Waals surface area contributed by atoms with Crippen molar-refractivity contribution in [3.63, 3.8) is 0 Å². The van der Waals surface area contributed by atoms with Crippen LogP contribution in [0.2, 0.25) is 0 Å². The van der Waals surface area contributed by atoms with Crippen LogP contribution in [0.5, 0.6) is 0 Å². The molecule has 3 N–H and O–H groups in total. The molecule has 1 aromatic rings. The fourth-order valence-electron chi connectivity index (χ4n) is 2.03. The lowest BCUT2D eigenvalue weighted by Crippen LogP contribution is -2.36. The highest BCUT2D eigenvalue weighted by Gasteiger charge is 2.24. The maximum atomic E-state index is 5.72. The summed E-state index contributed by atoms with van der Waals surface area (Å²) >= 11 is 0. The Hall–Kier alpha value is -1.03. The second-order valence-corrected chi connectivity index (χ2v) is 3.81. The van der Waals surface area contributed by atoms with Gasteiger partial charge in [0.25, 0.3) is 0 Å². The zero-order chi connectivity index (χ0) is 9.97. The first-order valence-electron chi connectivity index (χ1n) is 5.35. The van der Waals surface area contributed by atoms with Crippen molar-refractivity contribution in [3.8, 4) is 0 Å². The largest absolute Gasteiger partial charge is 0.338 e. The molecule has 2 heterocycles.